The molecule has 0 saturated heterocycles. The van der Waals surface area contributed by atoms with E-state index in [0.29, 0.717) is 19.1 Å². The molecule has 0 atom stereocenters. The van der Waals surface area contributed by atoms with Crippen LogP contribution in [-0.2, 0) is 67.0 Å². The van der Waals surface area contributed by atoms with E-state index in [1.165, 1.54) is 0 Å². The van der Waals surface area contributed by atoms with Gasteiger partial charge in [-0.1, -0.05) is 45.4 Å². The van der Waals surface area contributed by atoms with Crippen molar-refractivity contribution in [3.05, 3.63) is 68.5 Å². The molecule has 2 aromatic rings. The van der Waals surface area contributed by atoms with Crippen LogP contribution in [0.5, 0.6) is 11.5 Å². The van der Waals surface area contributed by atoms with Gasteiger partial charge in [-0.2, -0.15) is 9.81 Å². The quantitative estimate of drug-likeness (QED) is 0.231. The predicted molar refractivity (Wildman–Crippen MR) is 158 cm³/mol. The molecule has 0 aliphatic heterocycles. The van der Waals surface area contributed by atoms with Crippen LogP contribution in [0.1, 0.15) is 63.8 Å². The predicted octanol–water partition coefficient (Wildman–Crippen LogP) is 7.62. The van der Waals surface area contributed by atoms with Gasteiger partial charge in [-0.3, -0.25) is 0 Å². The summed E-state index contributed by atoms with van der Waals surface area (Å²) in [5.41, 5.74) is 4.27. The number of hydrogen-bond donors (Lipinski definition) is 0. The maximum Gasteiger partial charge on any atom is 0.124 e. The molecule has 0 unspecified atom stereocenters. The van der Waals surface area contributed by atoms with Gasteiger partial charge < -0.3 is 60.0 Å². The summed E-state index contributed by atoms with van der Waals surface area (Å²) in [5, 5.41) is 0. The van der Waals surface area contributed by atoms with Gasteiger partial charge in [0.1, 0.15) is 11.5 Å². The van der Waals surface area contributed by atoms with Gasteiger partial charge in [-0.15, -0.1) is 0 Å². The minimum absolute atomic E-state index is 0. The van der Waals surface area contributed by atoms with Crippen molar-refractivity contribution in [3.8, 4) is 11.5 Å². The zero-order chi connectivity index (χ0) is 26.0. The van der Waals surface area contributed by atoms with E-state index < -0.39 is 0 Å². The number of rotatable bonds is 8. The summed E-state index contributed by atoms with van der Waals surface area (Å²) in [5.74, 6) is 2.26. The second-order valence-corrected chi connectivity index (χ2v) is 10.2. The second kappa shape index (κ2) is 16.6. The first kappa shape index (κ1) is 33.9. The van der Waals surface area contributed by atoms with Crippen LogP contribution in [0.15, 0.2) is 46.2 Å². The minimum atomic E-state index is 0. The molecule has 2 rings (SSSR count). The molecule has 198 valence electrons. The van der Waals surface area contributed by atoms with Crippen LogP contribution in [0.3, 0.4) is 0 Å². The van der Waals surface area contributed by atoms with Crippen molar-refractivity contribution >= 4 is 60.3 Å². The molecular formula is C28H36NiO2S4-4. The van der Waals surface area contributed by atoms with Gasteiger partial charge in [0.25, 0.3) is 0 Å². The van der Waals surface area contributed by atoms with Crippen LogP contribution in [0.4, 0.5) is 0 Å². The van der Waals surface area contributed by atoms with Crippen molar-refractivity contribution in [1.29, 1.82) is 0 Å². The molecule has 0 fully saturated rings. The summed E-state index contributed by atoms with van der Waals surface area (Å²) >= 11 is 21.7. The van der Waals surface area contributed by atoms with Gasteiger partial charge in [0, 0.05) is 16.5 Å². The Morgan fingerprint density at radius 2 is 1.23 bits per heavy atom. The van der Waals surface area contributed by atoms with Crippen LogP contribution in [0.2, 0.25) is 0 Å². The third-order valence-electron chi connectivity index (χ3n) is 4.94. The fourth-order valence-electron chi connectivity index (χ4n) is 2.99. The molecule has 2 aromatic carbocycles. The molecule has 0 aliphatic rings. The first-order chi connectivity index (χ1) is 15.9. The third kappa shape index (κ3) is 10.4. The molecule has 0 aliphatic carbocycles. The topological polar surface area (TPSA) is 18.5 Å². The van der Waals surface area contributed by atoms with Crippen LogP contribution >= 0.6 is 0 Å². The summed E-state index contributed by atoms with van der Waals surface area (Å²) in [7, 11) is 0. The van der Waals surface area contributed by atoms with Gasteiger partial charge >= 0.3 is 0 Å². The maximum atomic E-state index is 5.60. The van der Waals surface area contributed by atoms with Crippen molar-refractivity contribution in [3.63, 3.8) is 0 Å². The van der Waals surface area contributed by atoms with Gasteiger partial charge in [0.05, 0.1) is 13.2 Å². The monoisotopic (exact) mass is 590 g/mol. The summed E-state index contributed by atoms with van der Waals surface area (Å²) in [6.45, 7) is 17.6. The average Bonchev–Trinajstić information content (AvgIpc) is 2.80. The zero-order valence-corrected chi connectivity index (χ0v) is 26.1. The molecule has 0 heterocycles. The Balaban J connectivity index is 0.000000642. The van der Waals surface area contributed by atoms with E-state index >= 15 is 0 Å². The fourth-order valence-corrected chi connectivity index (χ4v) is 4.07. The SMILES string of the molecule is CCOc1ccc(C)c(/C([S-])=C(/[S-])C(C)C)c1.CCOc1ccc(C)cc1/C([S-])=C(/[S-])C(C)C.[Ni]. The van der Waals surface area contributed by atoms with Gasteiger partial charge in [0.15, 0.2) is 0 Å². The van der Waals surface area contributed by atoms with E-state index in [4.69, 9.17) is 60.0 Å². The van der Waals surface area contributed by atoms with Crippen molar-refractivity contribution in [2.45, 2.75) is 55.4 Å². The molecule has 7 heteroatoms. The molecule has 0 aromatic heterocycles. The Morgan fingerprint density at radius 3 is 1.71 bits per heavy atom. The maximum absolute atomic E-state index is 5.60. The van der Waals surface area contributed by atoms with Crippen molar-refractivity contribution in [2.24, 2.45) is 11.8 Å². The van der Waals surface area contributed by atoms with Crippen molar-refractivity contribution in [2.75, 3.05) is 13.2 Å². The Labute approximate surface area is 245 Å². The van der Waals surface area contributed by atoms with E-state index in [9.17, 15) is 0 Å². The molecular weight excluding hydrogens is 555 g/mol. The zero-order valence-electron chi connectivity index (χ0n) is 21.8. The van der Waals surface area contributed by atoms with Gasteiger partial charge in [0.2, 0.25) is 0 Å². The largest absolute Gasteiger partial charge is 0.785 e. The molecule has 0 N–H and O–H groups in total. The molecule has 0 radical (unpaired) electrons. The summed E-state index contributed by atoms with van der Waals surface area (Å²) < 4.78 is 11.1. The van der Waals surface area contributed by atoms with Gasteiger partial charge in [-0.05, 0) is 80.5 Å². The Hall–Kier alpha value is -1.11. The Kier molecular flexibility index (Phi) is 16.1. The smallest absolute Gasteiger partial charge is 0.124 e. The van der Waals surface area contributed by atoms with E-state index in [0.717, 1.165) is 53.4 Å². The number of ether oxygens (including phenoxy) is 2. The molecule has 0 spiro atoms. The van der Waals surface area contributed by atoms with E-state index in [1.54, 1.807) is 0 Å². The molecule has 0 bridgehead atoms. The minimum Gasteiger partial charge on any atom is -0.785 e. The van der Waals surface area contributed by atoms with Gasteiger partial charge in [-0.25, -0.2) is 9.81 Å². The van der Waals surface area contributed by atoms with Crippen molar-refractivity contribution in [1.82, 2.24) is 0 Å². The molecule has 0 saturated carbocycles. The average molecular weight is 592 g/mol. The van der Waals surface area contributed by atoms with Crippen molar-refractivity contribution < 1.29 is 26.0 Å². The number of benzene rings is 2. The standard InChI is InChI=1S/2C14H20OS2.Ni/c1-5-15-11-7-6-10(4)12(8-11)14(17)13(16)9(2)3;1-5-15-12-7-6-10(4)8-11(12)14(17)13(16)9(2)3;/h2*6-9,16-17H,5H2,1-4H3;/p-4/b2*14-13-;. The number of aryl methyl sites for hydroxylation is 2. The van der Waals surface area contributed by atoms with Crippen LogP contribution in [0, 0.1) is 25.7 Å². The van der Waals surface area contributed by atoms with E-state index in [-0.39, 0.29) is 22.4 Å². The third-order valence-corrected chi connectivity index (χ3v) is 7.43. The molecule has 2 nitrogen and oxygen atoms in total. The van der Waals surface area contributed by atoms with E-state index in [2.05, 4.69) is 27.7 Å². The van der Waals surface area contributed by atoms with E-state index in [1.807, 2.05) is 64.1 Å². The first-order valence-electron chi connectivity index (χ1n) is 11.6. The second-order valence-electron chi connectivity index (χ2n) is 8.54. The summed E-state index contributed by atoms with van der Waals surface area (Å²) in [6.07, 6.45) is 0. The Morgan fingerprint density at radius 1 is 0.714 bits per heavy atom. The fraction of sp³-hybridized carbons (Fsp3) is 0.429. The molecule has 0 amide bonds. The normalized spacial score (nSPS) is 12.2. The van der Waals surface area contributed by atoms with Crippen LogP contribution < -0.4 is 9.47 Å². The number of hydrogen-bond acceptors (Lipinski definition) is 6. The summed E-state index contributed by atoms with van der Waals surface area (Å²) in [4.78, 5) is 3.18. The van der Waals surface area contributed by atoms with Crippen LogP contribution in [-0.4, -0.2) is 13.2 Å². The summed E-state index contributed by atoms with van der Waals surface area (Å²) in [6, 6.07) is 12.0. The Bertz CT molecular complexity index is 1010. The first-order valence-corrected chi connectivity index (χ1v) is 13.2. The van der Waals surface area contributed by atoms with Crippen LogP contribution in [0.25, 0.3) is 9.81 Å². The number of allylic oxidation sites excluding steroid dienone is 2. The molecule has 35 heavy (non-hydrogen) atoms.